The lowest BCUT2D eigenvalue weighted by Crippen LogP contribution is -2.17. The summed E-state index contributed by atoms with van der Waals surface area (Å²) in [6.07, 6.45) is 1.80. The van der Waals surface area contributed by atoms with E-state index in [0.717, 1.165) is 17.9 Å². The van der Waals surface area contributed by atoms with Crippen LogP contribution in [0.3, 0.4) is 0 Å². The van der Waals surface area contributed by atoms with E-state index in [1.54, 1.807) is 25.4 Å². The van der Waals surface area contributed by atoms with Gasteiger partial charge in [0, 0.05) is 31.0 Å². The van der Waals surface area contributed by atoms with Crippen LogP contribution < -0.4 is 10.6 Å². The third kappa shape index (κ3) is 3.13. The minimum atomic E-state index is -0.0735. The first-order valence-corrected chi connectivity index (χ1v) is 6.31. The van der Waals surface area contributed by atoms with E-state index >= 15 is 0 Å². The molecule has 1 heterocycles. The van der Waals surface area contributed by atoms with Gasteiger partial charge in [0.25, 0.3) is 5.91 Å². The topological polar surface area (TPSA) is 59.0 Å². The molecule has 0 fully saturated rings. The van der Waals surface area contributed by atoms with Crippen LogP contribution in [0.5, 0.6) is 0 Å². The van der Waals surface area contributed by atoms with Gasteiger partial charge in [0.1, 0.15) is 0 Å². The molecule has 0 bridgehead atoms. The number of carbonyl (C=O) groups excluding carboxylic acids is 1. The summed E-state index contributed by atoms with van der Waals surface area (Å²) in [6.45, 7) is 3.64. The highest BCUT2D eigenvalue weighted by molar-refractivity contribution is 5.94. The summed E-state index contributed by atoms with van der Waals surface area (Å²) in [6, 6.07) is 9.40. The second-order valence-corrected chi connectivity index (χ2v) is 4.15. The minimum Gasteiger partial charge on any atom is -0.379 e. The molecule has 1 aromatic carbocycles. The first-order valence-electron chi connectivity index (χ1n) is 6.31. The molecule has 0 aliphatic carbocycles. The van der Waals surface area contributed by atoms with Gasteiger partial charge in [-0.25, -0.2) is 0 Å². The van der Waals surface area contributed by atoms with Crippen LogP contribution in [0.15, 0.2) is 36.5 Å². The van der Waals surface area contributed by atoms with Gasteiger partial charge >= 0.3 is 0 Å². The van der Waals surface area contributed by atoms with Gasteiger partial charge in [-0.1, -0.05) is 0 Å². The minimum absolute atomic E-state index is 0.0735. The van der Waals surface area contributed by atoms with Crippen molar-refractivity contribution in [3.8, 4) is 0 Å². The van der Waals surface area contributed by atoms with Crippen LogP contribution in [0.4, 0.5) is 5.69 Å². The summed E-state index contributed by atoms with van der Waals surface area (Å²) >= 11 is 0. The summed E-state index contributed by atoms with van der Waals surface area (Å²) in [5.41, 5.74) is 2.78. The molecule has 19 heavy (non-hydrogen) atoms. The standard InChI is InChI=1S/C14H18N4O/c1-3-18-13(8-9-17-18)10-16-12-6-4-11(5-7-12)14(19)15-2/h4-9,16H,3,10H2,1-2H3,(H,15,19). The molecule has 2 rings (SSSR count). The summed E-state index contributed by atoms with van der Waals surface area (Å²) in [5, 5.41) is 10.1. The zero-order chi connectivity index (χ0) is 13.7. The molecule has 0 spiro atoms. The van der Waals surface area contributed by atoms with E-state index in [1.165, 1.54) is 0 Å². The van der Waals surface area contributed by atoms with Gasteiger partial charge in [-0.15, -0.1) is 0 Å². The SMILES string of the molecule is CCn1nccc1CNc1ccc(C(=O)NC)cc1. The van der Waals surface area contributed by atoms with Crippen molar-refractivity contribution in [1.29, 1.82) is 0 Å². The highest BCUT2D eigenvalue weighted by Crippen LogP contribution is 2.11. The second kappa shape index (κ2) is 6.04. The number of hydrogen-bond acceptors (Lipinski definition) is 3. The molecule has 0 radical (unpaired) electrons. The number of nitrogens with one attached hydrogen (secondary N) is 2. The molecule has 0 saturated heterocycles. The Balaban J connectivity index is 1.98. The number of aryl methyl sites for hydroxylation is 1. The first-order chi connectivity index (χ1) is 9.24. The van der Waals surface area contributed by atoms with Crippen molar-refractivity contribution in [1.82, 2.24) is 15.1 Å². The molecule has 0 atom stereocenters. The number of anilines is 1. The molecule has 5 nitrogen and oxygen atoms in total. The normalized spacial score (nSPS) is 10.2. The lowest BCUT2D eigenvalue weighted by atomic mass is 10.2. The Labute approximate surface area is 112 Å². The quantitative estimate of drug-likeness (QED) is 0.860. The van der Waals surface area contributed by atoms with Crippen LogP contribution in [-0.4, -0.2) is 22.7 Å². The van der Waals surface area contributed by atoms with Crippen LogP contribution in [0.2, 0.25) is 0 Å². The predicted octanol–water partition coefficient (Wildman–Crippen LogP) is 1.87. The van der Waals surface area contributed by atoms with Crippen LogP contribution in [0, 0.1) is 0 Å². The van der Waals surface area contributed by atoms with Gasteiger partial charge in [-0.05, 0) is 37.3 Å². The van der Waals surface area contributed by atoms with Crippen molar-refractivity contribution in [3.63, 3.8) is 0 Å². The average molecular weight is 258 g/mol. The molecule has 0 saturated carbocycles. The maximum absolute atomic E-state index is 11.4. The molecule has 1 aromatic heterocycles. The fourth-order valence-corrected chi connectivity index (χ4v) is 1.87. The Morgan fingerprint density at radius 2 is 2.00 bits per heavy atom. The highest BCUT2D eigenvalue weighted by Gasteiger charge is 2.03. The number of amides is 1. The van der Waals surface area contributed by atoms with Crippen molar-refractivity contribution < 1.29 is 4.79 Å². The van der Waals surface area contributed by atoms with Gasteiger partial charge in [0.2, 0.25) is 0 Å². The van der Waals surface area contributed by atoms with E-state index in [-0.39, 0.29) is 5.91 Å². The van der Waals surface area contributed by atoms with Gasteiger partial charge in [0.15, 0.2) is 0 Å². The Morgan fingerprint density at radius 1 is 1.26 bits per heavy atom. The predicted molar refractivity (Wildman–Crippen MR) is 75.1 cm³/mol. The Bertz CT molecular complexity index is 545. The second-order valence-electron chi connectivity index (χ2n) is 4.15. The number of hydrogen-bond donors (Lipinski definition) is 2. The van der Waals surface area contributed by atoms with E-state index in [1.807, 2.05) is 22.9 Å². The van der Waals surface area contributed by atoms with Crippen molar-refractivity contribution >= 4 is 11.6 Å². The monoisotopic (exact) mass is 258 g/mol. The molecule has 0 aliphatic rings. The van der Waals surface area contributed by atoms with Gasteiger partial charge in [-0.2, -0.15) is 5.10 Å². The average Bonchev–Trinajstić information content (AvgIpc) is 2.92. The first kappa shape index (κ1) is 13.1. The number of rotatable bonds is 5. The third-order valence-corrected chi connectivity index (χ3v) is 2.95. The third-order valence-electron chi connectivity index (χ3n) is 2.95. The van der Waals surface area contributed by atoms with Crippen molar-refractivity contribution in [2.24, 2.45) is 0 Å². The molecule has 1 amide bonds. The number of carbonyl (C=O) groups is 1. The van der Waals surface area contributed by atoms with Crippen molar-refractivity contribution in [3.05, 3.63) is 47.8 Å². The fourth-order valence-electron chi connectivity index (χ4n) is 1.87. The Hall–Kier alpha value is -2.30. The Morgan fingerprint density at radius 3 is 2.63 bits per heavy atom. The molecule has 100 valence electrons. The van der Waals surface area contributed by atoms with Crippen LogP contribution in [0.25, 0.3) is 0 Å². The van der Waals surface area contributed by atoms with Gasteiger partial charge < -0.3 is 10.6 Å². The number of benzene rings is 1. The van der Waals surface area contributed by atoms with E-state index in [0.29, 0.717) is 12.1 Å². The summed E-state index contributed by atoms with van der Waals surface area (Å²) in [4.78, 5) is 11.4. The summed E-state index contributed by atoms with van der Waals surface area (Å²) in [7, 11) is 1.63. The molecule has 2 aromatic rings. The lowest BCUT2D eigenvalue weighted by molar-refractivity contribution is 0.0963. The van der Waals surface area contributed by atoms with Crippen LogP contribution >= 0.6 is 0 Å². The maximum Gasteiger partial charge on any atom is 0.251 e. The maximum atomic E-state index is 11.4. The van der Waals surface area contributed by atoms with E-state index in [4.69, 9.17) is 0 Å². The van der Waals surface area contributed by atoms with E-state index < -0.39 is 0 Å². The van der Waals surface area contributed by atoms with E-state index in [9.17, 15) is 4.79 Å². The highest BCUT2D eigenvalue weighted by atomic mass is 16.1. The number of nitrogens with zero attached hydrogens (tertiary/aromatic N) is 2. The zero-order valence-corrected chi connectivity index (χ0v) is 11.2. The zero-order valence-electron chi connectivity index (χ0n) is 11.2. The summed E-state index contributed by atoms with van der Waals surface area (Å²) in [5.74, 6) is -0.0735. The number of aromatic nitrogens is 2. The van der Waals surface area contributed by atoms with Crippen LogP contribution in [-0.2, 0) is 13.1 Å². The van der Waals surface area contributed by atoms with Gasteiger partial charge in [-0.3, -0.25) is 9.48 Å². The van der Waals surface area contributed by atoms with E-state index in [2.05, 4.69) is 22.7 Å². The van der Waals surface area contributed by atoms with Crippen molar-refractivity contribution in [2.75, 3.05) is 12.4 Å². The molecular weight excluding hydrogens is 240 g/mol. The molecule has 2 N–H and O–H groups in total. The fraction of sp³-hybridized carbons (Fsp3) is 0.286. The molecule has 5 heteroatoms. The smallest absolute Gasteiger partial charge is 0.251 e. The van der Waals surface area contributed by atoms with Gasteiger partial charge in [0.05, 0.1) is 12.2 Å². The lowest BCUT2D eigenvalue weighted by Gasteiger charge is -2.08. The molecular formula is C14H18N4O. The van der Waals surface area contributed by atoms with Crippen LogP contribution in [0.1, 0.15) is 23.0 Å². The largest absolute Gasteiger partial charge is 0.379 e. The summed E-state index contributed by atoms with van der Waals surface area (Å²) < 4.78 is 1.95. The van der Waals surface area contributed by atoms with Crippen molar-refractivity contribution in [2.45, 2.75) is 20.0 Å². The molecule has 0 aliphatic heterocycles. The molecule has 0 unspecified atom stereocenters. The Kier molecular flexibility index (Phi) is 4.18.